The number of carbonyl (C=O) groups is 1. The maximum Gasteiger partial charge on any atom is 0.435 e. The van der Waals surface area contributed by atoms with E-state index in [-0.39, 0.29) is 21.2 Å². The zero-order valence-electron chi connectivity index (χ0n) is 15.9. The lowest BCUT2D eigenvalue weighted by Gasteiger charge is -2.11. The number of nitrogens with one attached hydrogen (secondary N) is 1. The summed E-state index contributed by atoms with van der Waals surface area (Å²) in [6.07, 6.45) is -3.61. The largest absolute Gasteiger partial charge is 0.497 e. The summed E-state index contributed by atoms with van der Waals surface area (Å²) in [7, 11) is -2.63. The first kappa shape index (κ1) is 22.6. The fourth-order valence-corrected chi connectivity index (χ4v) is 4.06. The van der Waals surface area contributed by atoms with Gasteiger partial charge in [0.05, 0.1) is 16.9 Å². The first-order valence-electron chi connectivity index (χ1n) is 8.59. The van der Waals surface area contributed by atoms with E-state index in [0.717, 1.165) is 16.9 Å². The van der Waals surface area contributed by atoms with Crippen molar-refractivity contribution in [1.82, 2.24) is 9.78 Å². The molecule has 31 heavy (non-hydrogen) atoms. The van der Waals surface area contributed by atoms with Gasteiger partial charge in [0, 0.05) is 23.0 Å². The van der Waals surface area contributed by atoms with Crippen LogP contribution >= 0.6 is 11.6 Å². The molecular weight excluding hydrogens is 459 g/mol. The molecular formula is C19H15ClF3N3O4S. The smallest absolute Gasteiger partial charge is 0.435 e. The predicted molar refractivity (Wildman–Crippen MR) is 106 cm³/mol. The summed E-state index contributed by atoms with van der Waals surface area (Å²) in [5.74, 6) is -0.552. The molecule has 7 nitrogen and oxygen atoms in total. The Morgan fingerprint density at radius 3 is 2.39 bits per heavy atom. The minimum atomic E-state index is -4.63. The number of halogens is 4. The van der Waals surface area contributed by atoms with Crippen molar-refractivity contribution in [2.24, 2.45) is 0 Å². The Balaban J connectivity index is 1.84. The van der Waals surface area contributed by atoms with Crippen LogP contribution in [0.25, 0.3) is 0 Å². The molecule has 1 heterocycles. The van der Waals surface area contributed by atoms with Crippen molar-refractivity contribution in [3.8, 4) is 5.75 Å². The second-order valence-electron chi connectivity index (χ2n) is 6.30. The van der Waals surface area contributed by atoms with Gasteiger partial charge in [-0.15, -0.1) is 0 Å². The van der Waals surface area contributed by atoms with E-state index >= 15 is 0 Å². The molecule has 164 valence electrons. The van der Waals surface area contributed by atoms with Crippen LogP contribution in [0.1, 0.15) is 5.69 Å². The summed E-state index contributed by atoms with van der Waals surface area (Å²) in [4.78, 5) is 12.1. The summed E-state index contributed by atoms with van der Waals surface area (Å²) in [5.41, 5.74) is -1.04. The standard InChI is InChI=1S/C19H15ClF3N3O4S/c1-30-14-8-13(24-18(27)11-26-7-6-17(25-26)19(21,22)23)9-16(10-14)31(28,29)15-4-2-12(20)3-5-15/h2-10H,11H2,1H3,(H,24,27). The molecule has 0 unspecified atom stereocenters. The number of carbonyl (C=O) groups excluding carboxylic acids is 1. The topological polar surface area (TPSA) is 90.3 Å². The van der Waals surface area contributed by atoms with E-state index in [1.54, 1.807) is 0 Å². The number of anilines is 1. The first-order chi connectivity index (χ1) is 14.5. The Bertz CT molecular complexity index is 1210. The van der Waals surface area contributed by atoms with Crippen LogP contribution in [0.4, 0.5) is 18.9 Å². The monoisotopic (exact) mass is 473 g/mol. The highest BCUT2D eigenvalue weighted by molar-refractivity contribution is 7.91. The molecule has 3 rings (SSSR count). The van der Waals surface area contributed by atoms with Gasteiger partial charge in [0.1, 0.15) is 12.3 Å². The van der Waals surface area contributed by atoms with Gasteiger partial charge in [0.2, 0.25) is 15.7 Å². The van der Waals surface area contributed by atoms with Crippen LogP contribution < -0.4 is 10.1 Å². The van der Waals surface area contributed by atoms with E-state index in [2.05, 4.69) is 10.4 Å². The van der Waals surface area contributed by atoms with Crippen molar-refractivity contribution in [3.63, 3.8) is 0 Å². The van der Waals surface area contributed by atoms with Crippen molar-refractivity contribution in [1.29, 1.82) is 0 Å². The van der Waals surface area contributed by atoms with Crippen LogP contribution in [0, 0.1) is 0 Å². The van der Waals surface area contributed by atoms with Crippen molar-refractivity contribution in [2.45, 2.75) is 22.5 Å². The number of rotatable bonds is 6. The minimum Gasteiger partial charge on any atom is -0.497 e. The third kappa shape index (κ3) is 5.36. The molecule has 1 amide bonds. The molecule has 0 fully saturated rings. The van der Waals surface area contributed by atoms with Crippen LogP contribution in [0.2, 0.25) is 5.02 Å². The Labute approximate surface area is 180 Å². The number of amides is 1. The summed E-state index contributed by atoms with van der Waals surface area (Å²) < 4.78 is 69.6. The fourth-order valence-electron chi connectivity index (χ4n) is 2.62. The third-order valence-corrected chi connectivity index (χ3v) is 6.07. The zero-order valence-corrected chi connectivity index (χ0v) is 17.4. The van der Waals surface area contributed by atoms with Gasteiger partial charge in [-0.1, -0.05) is 11.6 Å². The average Bonchev–Trinajstić information content (AvgIpc) is 3.16. The number of aromatic nitrogens is 2. The highest BCUT2D eigenvalue weighted by atomic mass is 35.5. The van der Waals surface area contributed by atoms with E-state index in [4.69, 9.17) is 16.3 Å². The average molecular weight is 474 g/mol. The van der Waals surface area contributed by atoms with Crippen molar-refractivity contribution in [2.75, 3.05) is 12.4 Å². The van der Waals surface area contributed by atoms with Crippen molar-refractivity contribution in [3.05, 3.63) is 65.4 Å². The van der Waals surface area contributed by atoms with E-state index in [0.29, 0.717) is 5.02 Å². The predicted octanol–water partition coefficient (Wildman–Crippen LogP) is 4.04. The minimum absolute atomic E-state index is 0.0151. The Hall–Kier alpha value is -3.05. The van der Waals surface area contributed by atoms with Gasteiger partial charge >= 0.3 is 6.18 Å². The zero-order chi connectivity index (χ0) is 22.8. The quantitative estimate of drug-likeness (QED) is 0.583. The number of benzene rings is 2. The molecule has 0 spiro atoms. The normalized spacial score (nSPS) is 11.9. The number of alkyl halides is 3. The van der Waals surface area contributed by atoms with Crippen molar-refractivity contribution >= 4 is 33.0 Å². The third-order valence-electron chi connectivity index (χ3n) is 4.07. The van der Waals surface area contributed by atoms with E-state index in [1.165, 1.54) is 49.6 Å². The van der Waals surface area contributed by atoms with Crippen LogP contribution in [0.3, 0.4) is 0 Å². The Morgan fingerprint density at radius 2 is 1.81 bits per heavy atom. The van der Waals surface area contributed by atoms with E-state index in [1.807, 2.05) is 0 Å². The van der Waals surface area contributed by atoms with Crippen LogP contribution in [-0.4, -0.2) is 31.2 Å². The second-order valence-corrected chi connectivity index (χ2v) is 8.69. The summed E-state index contributed by atoms with van der Waals surface area (Å²) >= 11 is 5.80. The summed E-state index contributed by atoms with van der Waals surface area (Å²) in [5, 5.41) is 6.11. The molecule has 1 aromatic heterocycles. The molecule has 0 radical (unpaired) electrons. The molecule has 1 N–H and O–H groups in total. The molecule has 0 aliphatic carbocycles. The van der Waals surface area contributed by atoms with E-state index < -0.39 is 34.2 Å². The Kier molecular flexibility index (Phi) is 6.27. The molecule has 0 saturated heterocycles. The lowest BCUT2D eigenvalue weighted by molar-refractivity contribution is -0.141. The number of hydrogen-bond acceptors (Lipinski definition) is 5. The van der Waals surface area contributed by atoms with Gasteiger partial charge in [-0.05, 0) is 42.5 Å². The van der Waals surface area contributed by atoms with Gasteiger partial charge in [0.15, 0.2) is 5.69 Å². The number of ether oxygens (including phenoxy) is 1. The van der Waals surface area contributed by atoms with Gasteiger partial charge in [-0.25, -0.2) is 8.42 Å². The molecule has 0 saturated carbocycles. The first-order valence-corrected chi connectivity index (χ1v) is 10.5. The number of nitrogens with zero attached hydrogens (tertiary/aromatic N) is 2. The molecule has 2 aromatic carbocycles. The summed E-state index contributed by atoms with van der Waals surface area (Å²) in [6, 6.07) is 10.2. The number of sulfone groups is 1. The van der Waals surface area contributed by atoms with Gasteiger partial charge in [0.25, 0.3) is 0 Å². The highest BCUT2D eigenvalue weighted by Gasteiger charge is 2.33. The van der Waals surface area contributed by atoms with Crippen LogP contribution in [0.5, 0.6) is 5.75 Å². The number of hydrogen-bond donors (Lipinski definition) is 1. The number of methoxy groups -OCH3 is 1. The molecule has 3 aromatic rings. The highest BCUT2D eigenvalue weighted by Crippen LogP contribution is 2.29. The lowest BCUT2D eigenvalue weighted by atomic mass is 10.3. The molecule has 0 bridgehead atoms. The van der Waals surface area contributed by atoms with Crippen molar-refractivity contribution < 1.29 is 31.1 Å². The molecule has 0 aliphatic rings. The maximum absolute atomic E-state index is 12.9. The van der Waals surface area contributed by atoms with Crippen LogP contribution in [0.15, 0.2) is 64.5 Å². The van der Waals surface area contributed by atoms with Gasteiger partial charge in [-0.2, -0.15) is 18.3 Å². The maximum atomic E-state index is 12.9. The van der Waals surface area contributed by atoms with Gasteiger partial charge < -0.3 is 10.1 Å². The lowest BCUT2D eigenvalue weighted by Crippen LogP contribution is -2.20. The molecule has 0 atom stereocenters. The molecule has 12 heteroatoms. The van der Waals surface area contributed by atoms with Gasteiger partial charge in [-0.3, -0.25) is 9.48 Å². The fraction of sp³-hybridized carbons (Fsp3) is 0.158. The summed E-state index contributed by atoms with van der Waals surface area (Å²) in [6.45, 7) is -0.507. The second kappa shape index (κ2) is 8.60. The molecule has 0 aliphatic heterocycles. The van der Waals surface area contributed by atoms with E-state index in [9.17, 15) is 26.4 Å². The van der Waals surface area contributed by atoms with Crippen LogP contribution in [-0.2, 0) is 27.4 Å². The Morgan fingerprint density at radius 1 is 1.13 bits per heavy atom. The SMILES string of the molecule is COc1cc(NC(=O)Cn2ccc(C(F)(F)F)n2)cc(S(=O)(=O)c2ccc(Cl)cc2)c1.